The van der Waals surface area contributed by atoms with Crippen LogP contribution in [0.4, 0.5) is 0 Å². The van der Waals surface area contributed by atoms with Crippen LogP contribution in [0.3, 0.4) is 0 Å². The zero-order valence-electron chi connectivity index (χ0n) is 9.20. The largest absolute Gasteiger partial charge is 0.508 e. The zero-order chi connectivity index (χ0) is 13.0. The zero-order valence-corrected chi connectivity index (χ0v) is 9.20. The highest BCUT2D eigenvalue weighted by atomic mass is 16.3. The minimum Gasteiger partial charge on any atom is -0.508 e. The van der Waals surface area contributed by atoms with Crippen molar-refractivity contribution in [2.24, 2.45) is 5.10 Å². The Morgan fingerprint density at radius 1 is 1.33 bits per heavy atom. The number of phenolic OH excluding ortho intramolecular Hbond substituents is 2. The second-order valence-corrected chi connectivity index (χ2v) is 3.42. The SMILES string of the molecule is O=C(N/N=C/c1ccc(O)cc1O)c1ccco1. The van der Waals surface area contributed by atoms with Gasteiger partial charge < -0.3 is 14.6 Å². The van der Waals surface area contributed by atoms with Gasteiger partial charge in [0.25, 0.3) is 0 Å². The number of carbonyl (C=O) groups excluding carboxylic acids is 1. The summed E-state index contributed by atoms with van der Waals surface area (Å²) < 4.78 is 4.87. The topological polar surface area (TPSA) is 95.1 Å². The fourth-order valence-corrected chi connectivity index (χ4v) is 1.26. The standard InChI is InChI=1S/C12H10N2O4/c15-9-4-3-8(10(16)6-9)7-13-14-12(17)11-2-1-5-18-11/h1-7,15-16H,(H,14,17)/b13-7+. The molecule has 2 rings (SSSR count). The van der Waals surface area contributed by atoms with E-state index in [4.69, 9.17) is 9.52 Å². The molecule has 0 aliphatic carbocycles. The molecule has 0 atom stereocenters. The lowest BCUT2D eigenvalue weighted by Gasteiger charge is -1.99. The molecule has 1 aromatic heterocycles. The summed E-state index contributed by atoms with van der Waals surface area (Å²) in [5.74, 6) is -0.535. The van der Waals surface area contributed by atoms with Crippen molar-refractivity contribution in [2.75, 3.05) is 0 Å². The molecule has 0 radical (unpaired) electrons. The van der Waals surface area contributed by atoms with Gasteiger partial charge in [0, 0.05) is 11.6 Å². The first-order chi connectivity index (χ1) is 8.66. The minimum absolute atomic E-state index is 0.0516. The maximum Gasteiger partial charge on any atom is 0.307 e. The van der Waals surface area contributed by atoms with E-state index in [9.17, 15) is 9.90 Å². The summed E-state index contributed by atoms with van der Waals surface area (Å²) in [7, 11) is 0. The van der Waals surface area contributed by atoms with Crippen LogP contribution in [0.1, 0.15) is 16.1 Å². The summed E-state index contributed by atoms with van der Waals surface area (Å²) in [6.45, 7) is 0. The molecule has 1 heterocycles. The molecule has 1 aromatic carbocycles. The van der Waals surface area contributed by atoms with Gasteiger partial charge in [-0.1, -0.05) is 0 Å². The predicted octanol–water partition coefficient (Wildman–Crippen LogP) is 1.45. The Hall–Kier alpha value is -2.76. The summed E-state index contributed by atoms with van der Waals surface area (Å²) in [5, 5.41) is 22.2. The molecule has 0 bridgehead atoms. The van der Waals surface area contributed by atoms with Gasteiger partial charge in [-0.15, -0.1) is 0 Å². The van der Waals surface area contributed by atoms with E-state index in [1.807, 2.05) is 0 Å². The van der Waals surface area contributed by atoms with Gasteiger partial charge in [0.1, 0.15) is 11.5 Å². The Kier molecular flexibility index (Phi) is 3.29. The van der Waals surface area contributed by atoms with Crippen LogP contribution in [0.2, 0.25) is 0 Å². The van der Waals surface area contributed by atoms with Gasteiger partial charge in [0.2, 0.25) is 0 Å². The molecule has 0 aliphatic heterocycles. The molecule has 0 saturated heterocycles. The smallest absolute Gasteiger partial charge is 0.307 e. The number of hydrogen-bond donors (Lipinski definition) is 3. The molecule has 0 aliphatic rings. The molecule has 2 aromatic rings. The Morgan fingerprint density at radius 3 is 2.83 bits per heavy atom. The molecule has 92 valence electrons. The molecule has 0 fully saturated rings. The van der Waals surface area contributed by atoms with Crippen LogP contribution < -0.4 is 5.43 Å². The fourth-order valence-electron chi connectivity index (χ4n) is 1.26. The molecule has 6 heteroatoms. The molecule has 0 spiro atoms. The highest BCUT2D eigenvalue weighted by Gasteiger charge is 2.06. The Labute approximate surface area is 102 Å². The molecular weight excluding hydrogens is 236 g/mol. The Morgan fingerprint density at radius 2 is 2.17 bits per heavy atom. The lowest BCUT2D eigenvalue weighted by Crippen LogP contribution is -2.16. The minimum atomic E-state index is -0.491. The van der Waals surface area contributed by atoms with Gasteiger partial charge in [0.05, 0.1) is 12.5 Å². The third-order valence-corrected chi connectivity index (χ3v) is 2.13. The van der Waals surface area contributed by atoms with Crippen molar-refractivity contribution in [3.8, 4) is 11.5 Å². The number of hydrogen-bond acceptors (Lipinski definition) is 5. The Bertz CT molecular complexity index is 576. The van der Waals surface area contributed by atoms with E-state index >= 15 is 0 Å². The number of nitrogens with zero attached hydrogens (tertiary/aromatic N) is 1. The van der Waals surface area contributed by atoms with Crippen molar-refractivity contribution >= 4 is 12.1 Å². The van der Waals surface area contributed by atoms with E-state index in [1.165, 1.54) is 36.7 Å². The van der Waals surface area contributed by atoms with Gasteiger partial charge in [-0.05, 0) is 24.3 Å². The maximum atomic E-state index is 11.4. The highest BCUT2D eigenvalue weighted by Crippen LogP contribution is 2.20. The van der Waals surface area contributed by atoms with Crippen LogP contribution in [0, 0.1) is 0 Å². The van der Waals surface area contributed by atoms with Crippen molar-refractivity contribution in [3.05, 3.63) is 47.9 Å². The number of nitrogens with one attached hydrogen (secondary N) is 1. The number of phenols is 2. The second kappa shape index (κ2) is 5.05. The van der Waals surface area contributed by atoms with Crippen molar-refractivity contribution in [2.45, 2.75) is 0 Å². The van der Waals surface area contributed by atoms with Crippen LogP contribution >= 0.6 is 0 Å². The summed E-state index contributed by atoms with van der Waals surface area (Å²) in [4.78, 5) is 11.4. The van der Waals surface area contributed by atoms with E-state index in [0.29, 0.717) is 5.56 Å². The number of furan rings is 1. The lowest BCUT2D eigenvalue weighted by atomic mass is 10.2. The molecule has 6 nitrogen and oxygen atoms in total. The van der Waals surface area contributed by atoms with Gasteiger partial charge in [-0.2, -0.15) is 5.10 Å². The second-order valence-electron chi connectivity index (χ2n) is 3.42. The molecular formula is C12H10N2O4. The molecule has 18 heavy (non-hydrogen) atoms. The number of hydrazone groups is 1. The summed E-state index contributed by atoms with van der Waals surface area (Å²) in [6, 6.07) is 7.13. The number of benzene rings is 1. The van der Waals surface area contributed by atoms with Gasteiger partial charge >= 0.3 is 5.91 Å². The summed E-state index contributed by atoms with van der Waals surface area (Å²) in [5.41, 5.74) is 2.61. The first-order valence-electron chi connectivity index (χ1n) is 5.06. The van der Waals surface area contributed by atoms with Crippen molar-refractivity contribution in [1.29, 1.82) is 0 Å². The average Bonchev–Trinajstić information content (AvgIpc) is 2.85. The van der Waals surface area contributed by atoms with Crippen LogP contribution in [0.15, 0.2) is 46.1 Å². The molecule has 1 amide bonds. The number of aromatic hydroxyl groups is 2. The van der Waals surface area contributed by atoms with Gasteiger partial charge in [-0.25, -0.2) is 5.43 Å². The van der Waals surface area contributed by atoms with E-state index in [2.05, 4.69) is 10.5 Å². The maximum absolute atomic E-state index is 11.4. The number of carbonyl (C=O) groups is 1. The van der Waals surface area contributed by atoms with E-state index in [1.54, 1.807) is 6.07 Å². The van der Waals surface area contributed by atoms with E-state index in [-0.39, 0.29) is 17.3 Å². The monoisotopic (exact) mass is 246 g/mol. The third kappa shape index (κ3) is 2.67. The molecule has 0 unspecified atom stereocenters. The first-order valence-corrected chi connectivity index (χ1v) is 5.06. The van der Waals surface area contributed by atoms with Crippen molar-refractivity contribution in [1.82, 2.24) is 5.43 Å². The third-order valence-electron chi connectivity index (χ3n) is 2.13. The molecule has 3 N–H and O–H groups in total. The van der Waals surface area contributed by atoms with Gasteiger partial charge in [-0.3, -0.25) is 4.79 Å². The van der Waals surface area contributed by atoms with Crippen LogP contribution in [-0.4, -0.2) is 22.3 Å². The quantitative estimate of drug-likeness (QED) is 0.564. The predicted molar refractivity (Wildman–Crippen MR) is 63.5 cm³/mol. The van der Waals surface area contributed by atoms with Crippen LogP contribution in [-0.2, 0) is 0 Å². The normalized spacial score (nSPS) is 10.7. The first kappa shape index (κ1) is 11.7. The lowest BCUT2D eigenvalue weighted by molar-refractivity contribution is 0.0927. The summed E-state index contributed by atoms with van der Waals surface area (Å²) >= 11 is 0. The average molecular weight is 246 g/mol. The van der Waals surface area contributed by atoms with Crippen molar-refractivity contribution < 1.29 is 19.4 Å². The molecule has 0 saturated carbocycles. The Balaban J connectivity index is 2.01. The summed E-state index contributed by atoms with van der Waals surface area (Å²) in [6.07, 6.45) is 2.64. The van der Waals surface area contributed by atoms with Gasteiger partial charge in [0.15, 0.2) is 5.76 Å². The highest BCUT2D eigenvalue weighted by molar-refractivity contribution is 5.92. The van der Waals surface area contributed by atoms with E-state index in [0.717, 1.165) is 0 Å². The fraction of sp³-hybridized carbons (Fsp3) is 0. The van der Waals surface area contributed by atoms with Crippen LogP contribution in [0.25, 0.3) is 0 Å². The number of amides is 1. The van der Waals surface area contributed by atoms with Crippen molar-refractivity contribution in [3.63, 3.8) is 0 Å². The van der Waals surface area contributed by atoms with E-state index < -0.39 is 5.91 Å². The number of rotatable bonds is 3. The van der Waals surface area contributed by atoms with Crippen LogP contribution in [0.5, 0.6) is 11.5 Å².